The zero-order valence-electron chi connectivity index (χ0n) is 9.12. The normalized spacial score (nSPS) is 10.7. The molecule has 0 saturated carbocycles. The van der Waals surface area contributed by atoms with Crippen LogP contribution in [0, 0.1) is 11.7 Å². The molecule has 0 saturated heterocycles. The Hall–Kier alpha value is -0.940. The first-order valence-electron chi connectivity index (χ1n) is 5.05. The fourth-order valence-corrected chi connectivity index (χ4v) is 2.20. The number of nitrogens with zero attached hydrogens (tertiary/aromatic N) is 2. The van der Waals surface area contributed by atoms with Crippen molar-refractivity contribution in [1.29, 1.82) is 0 Å². The minimum atomic E-state index is 0.661. The van der Waals surface area contributed by atoms with Crippen molar-refractivity contribution in [2.24, 2.45) is 0 Å². The van der Waals surface area contributed by atoms with Crippen molar-refractivity contribution in [1.82, 2.24) is 14.8 Å². The van der Waals surface area contributed by atoms with Gasteiger partial charge < -0.3 is 4.57 Å². The standard InChI is InChI=1S/C11H12BrN3S/c1-3-15-10(13-14-11(15)16)8-5-4-7(2)9(12)6-8/h4-6H,3H2,1-2H3,(H,14,16). The molecule has 0 aliphatic rings. The zero-order valence-corrected chi connectivity index (χ0v) is 11.5. The van der Waals surface area contributed by atoms with Gasteiger partial charge in [-0.3, -0.25) is 5.10 Å². The van der Waals surface area contributed by atoms with Crippen LogP contribution in [0.15, 0.2) is 22.7 Å². The van der Waals surface area contributed by atoms with Crippen LogP contribution < -0.4 is 0 Å². The number of benzene rings is 1. The maximum atomic E-state index is 5.16. The van der Waals surface area contributed by atoms with Crippen molar-refractivity contribution in [3.8, 4) is 11.4 Å². The molecular formula is C11H12BrN3S. The van der Waals surface area contributed by atoms with Gasteiger partial charge in [0.05, 0.1) is 0 Å². The third-order valence-corrected chi connectivity index (χ3v) is 3.67. The molecule has 0 amide bonds. The predicted molar refractivity (Wildman–Crippen MR) is 71.0 cm³/mol. The maximum Gasteiger partial charge on any atom is 0.195 e. The molecule has 0 unspecified atom stereocenters. The van der Waals surface area contributed by atoms with Gasteiger partial charge in [0.25, 0.3) is 0 Å². The molecule has 1 heterocycles. The summed E-state index contributed by atoms with van der Waals surface area (Å²) in [6.45, 7) is 4.93. The lowest BCUT2D eigenvalue weighted by atomic mass is 10.1. The van der Waals surface area contributed by atoms with Crippen molar-refractivity contribution in [3.05, 3.63) is 33.0 Å². The number of H-pyrrole nitrogens is 1. The number of halogens is 1. The molecule has 5 heteroatoms. The summed E-state index contributed by atoms with van der Waals surface area (Å²) in [6, 6.07) is 6.18. The Kier molecular flexibility index (Phi) is 3.25. The van der Waals surface area contributed by atoms with E-state index in [0.717, 1.165) is 22.4 Å². The van der Waals surface area contributed by atoms with E-state index < -0.39 is 0 Å². The highest BCUT2D eigenvalue weighted by Gasteiger charge is 2.08. The van der Waals surface area contributed by atoms with Gasteiger partial charge in [-0.1, -0.05) is 28.1 Å². The first-order chi connectivity index (χ1) is 7.63. The number of nitrogens with one attached hydrogen (secondary N) is 1. The summed E-state index contributed by atoms with van der Waals surface area (Å²) >= 11 is 8.69. The Morgan fingerprint density at radius 3 is 2.88 bits per heavy atom. The molecule has 0 aliphatic heterocycles. The van der Waals surface area contributed by atoms with Crippen LogP contribution in [0.2, 0.25) is 0 Å². The number of hydrogen-bond acceptors (Lipinski definition) is 2. The fourth-order valence-electron chi connectivity index (χ4n) is 1.56. The summed E-state index contributed by atoms with van der Waals surface area (Å²) in [5.41, 5.74) is 2.27. The fraction of sp³-hybridized carbons (Fsp3) is 0.273. The molecule has 3 nitrogen and oxygen atoms in total. The van der Waals surface area contributed by atoms with Crippen molar-refractivity contribution in [2.75, 3.05) is 0 Å². The highest BCUT2D eigenvalue weighted by molar-refractivity contribution is 9.10. The van der Waals surface area contributed by atoms with E-state index in [1.54, 1.807) is 0 Å². The smallest absolute Gasteiger partial charge is 0.195 e. The van der Waals surface area contributed by atoms with Crippen molar-refractivity contribution in [3.63, 3.8) is 0 Å². The molecule has 1 N–H and O–H groups in total. The highest BCUT2D eigenvalue weighted by Crippen LogP contribution is 2.24. The SMILES string of the molecule is CCn1c(-c2ccc(C)c(Br)c2)n[nH]c1=S. The number of hydrogen-bond donors (Lipinski definition) is 1. The van der Waals surface area contributed by atoms with E-state index in [1.807, 2.05) is 4.57 Å². The molecule has 0 spiro atoms. The minimum absolute atomic E-state index is 0.661. The number of aromatic nitrogens is 3. The molecule has 0 aliphatic carbocycles. The summed E-state index contributed by atoms with van der Waals surface area (Å²) in [6.07, 6.45) is 0. The van der Waals surface area contributed by atoms with Crippen LogP contribution in [0.1, 0.15) is 12.5 Å². The van der Waals surface area contributed by atoms with Crippen LogP contribution in [-0.2, 0) is 6.54 Å². The van der Waals surface area contributed by atoms with E-state index in [-0.39, 0.29) is 0 Å². The first-order valence-corrected chi connectivity index (χ1v) is 6.25. The van der Waals surface area contributed by atoms with Gasteiger partial charge in [0.15, 0.2) is 10.6 Å². The molecule has 1 aromatic heterocycles. The molecular weight excluding hydrogens is 286 g/mol. The van der Waals surface area contributed by atoms with E-state index in [0.29, 0.717) is 4.77 Å². The summed E-state index contributed by atoms with van der Waals surface area (Å²) in [5, 5.41) is 7.07. The largest absolute Gasteiger partial charge is 0.300 e. The monoisotopic (exact) mass is 297 g/mol. The van der Waals surface area contributed by atoms with Crippen LogP contribution in [0.4, 0.5) is 0 Å². The zero-order chi connectivity index (χ0) is 11.7. The lowest BCUT2D eigenvalue weighted by Gasteiger charge is -2.05. The van der Waals surface area contributed by atoms with Crippen LogP contribution in [0.25, 0.3) is 11.4 Å². The Bertz CT molecular complexity index is 571. The summed E-state index contributed by atoms with van der Waals surface area (Å²) in [4.78, 5) is 0. The summed E-state index contributed by atoms with van der Waals surface area (Å²) < 4.78 is 3.72. The highest BCUT2D eigenvalue weighted by atomic mass is 79.9. The Morgan fingerprint density at radius 1 is 1.50 bits per heavy atom. The van der Waals surface area contributed by atoms with E-state index in [2.05, 4.69) is 58.2 Å². The molecule has 84 valence electrons. The summed E-state index contributed by atoms with van der Waals surface area (Å²) in [5.74, 6) is 0.883. The molecule has 0 atom stereocenters. The van der Waals surface area contributed by atoms with Crippen molar-refractivity contribution >= 4 is 28.1 Å². The topological polar surface area (TPSA) is 33.6 Å². The Labute approximate surface area is 108 Å². The maximum absolute atomic E-state index is 5.16. The number of rotatable bonds is 2. The quantitative estimate of drug-likeness (QED) is 0.858. The van der Waals surface area contributed by atoms with Gasteiger partial charge in [-0.25, -0.2) is 0 Å². The number of aryl methyl sites for hydroxylation is 1. The second kappa shape index (κ2) is 4.51. The molecule has 2 aromatic rings. The van der Waals surface area contributed by atoms with Gasteiger partial charge in [-0.2, -0.15) is 5.10 Å². The number of aromatic amines is 1. The Morgan fingerprint density at radius 2 is 2.25 bits per heavy atom. The van der Waals surface area contributed by atoms with Crippen molar-refractivity contribution < 1.29 is 0 Å². The molecule has 16 heavy (non-hydrogen) atoms. The lowest BCUT2D eigenvalue weighted by Crippen LogP contribution is -1.97. The Balaban J connectivity index is 2.58. The van der Waals surface area contributed by atoms with Gasteiger partial charge in [0.1, 0.15) is 0 Å². The van der Waals surface area contributed by atoms with Crippen LogP contribution in [0.5, 0.6) is 0 Å². The molecule has 1 aromatic carbocycles. The van der Waals surface area contributed by atoms with Gasteiger partial charge in [0.2, 0.25) is 0 Å². The van der Waals surface area contributed by atoms with Gasteiger partial charge >= 0.3 is 0 Å². The van der Waals surface area contributed by atoms with Crippen LogP contribution in [0.3, 0.4) is 0 Å². The van der Waals surface area contributed by atoms with Gasteiger partial charge in [-0.15, -0.1) is 0 Å². The average molecular weight is 298 g/mol. The van der Waals surface area contributed by atoms with Gasteiger partial charge in [0, 0.05) is 16.6 Å². The third kappa shape index (κ3) is 1.97. The van der Waals surface area contributed by atoms with Crippen molar-refractivity contribution in [2.45, 2.75) is 20.4 Å². The van der Waals surface area contributed by atoms with Gasteiger partial charge in [-0.05, 0) is 37.7 Å². The second-order valence-corrected chi connectivity index (χ2v) is 4.80. The molecule has 0 fully saturated rings. The van der Waals surface area contributed by atoms with E-state index in [9.17, 15) is 0 Å². The minimum Gasteiger partial charge on any atom is -0.300 e. The lowest BCUT2D eigenvalue weighted by molar-refractivity contribution is 0.755. The van der Waals surface area contributed by atoms with Crippen LogP contribution in [-0.4, -0.2) is 14.8 Å². The van der Waals surface area contributed by atoms with Crippen LogP contribution >= 0.6 is 28.1 Å². The summed E-state index contributed by atoms with van der Waals surface area (Å²) in [7, 11) is 0. The average Bonchev–Trinajstić information content (AvgIpc) is 2.63. The molecule has 0 bridgehead atoms. The first kappa shape index (κ1) is 11.5. The van der Waals surface area contributed by atoms with E-state index >= 15 is 0 Å². The predicted octanol–water partition coefficient (Wildman–Crippen LogP) is 3.70. The molecule has 2 rings (SSSR count). The third-order valence-electron chi connectivity index (χ3n) is 2.50. The van der Waals surface area contributed by atoms with E-state index in [4.69, 9.17) is 12.2 Å². The second-order valence-electron chi connectivity index (χ2n) is 3.56. The van der Waals surface area contributed by atoms with E-state index in [1.165, 1.54) is 5.56 Å². The molecule has 0 radical (unpaired) electrons.